The third kappa shape index (κ3) is 5.03. The third-order valence-corrected chi connectivity index (χ3v) is 5.33. The third-order valence-electron chi connectivity index (χ3n) is 5.33. The van der Waals surface area contributed by atoms with Crippen LogP contribution in [-0.2, 0) is 13.0 Å². The maximum atomic E-state index is 6.41. The Labute approximate surface area is 172 Å². The highest BCUT2D eigenvalue weighted by Crippen LogP contribution is 2.27. The normalized spacial score (nSPS) is 14.7. The van der Waals surface area contributed by atoms with Gasteiger partial charge in [0.25, 0.3) is 0 Å². The summed E-state index contributed by atoms with van der Waals surface area (Å²) in [7, 11) is 0. The SMILES string of the molecule is Nc1c(NCCc2ccccc2)ncnc1N1CCN(Cc2ccccc2)CC1. The van der Waals surface area contributed by atoms with Gasteiger partial charge in [-0.3, -0.25) is 4.90 Å². The molecule has 3 N–H and O–H groups in total. The lowest BCUT2D eigenvalue weighted by molar-refractivity contribution is 0.249. The highest BCUT2D eigenvalue weighted by atomic mass is 15.3. The van der Waals surface area contributed by atoms with Crippen molar-refractivity contribution >= 4 is 17.3 Å². The number of nitrogens with two attached hydrogens (primary N) is 1. The van der Waals surface area contributed by atoms with Gasteiger partial charge in [0.05, 0.1) is 0 Å². The first kappa shape index (κ1) is 19.2. The van der Waals surface area contributed by atoms with Gasteiger partial charge >= 0.3 is 0 Å². The van der Waals surface area contributed by atoms with Crippen molar-refractivity contribution in [3.8, 4) is 0 Å². The van der Waals surface area contributed by atoms with Crippen LogP contribution in [0.2, 0.25) is 0 Å². The number of nitrogen functional groups attached to an aromatic ring is 1. The van der Waals surface area contributed by atoms with E-state index in [1.807, 2.05) is 6.07 Å². The molecule has 0 radical (unpaired) electrons. The fourth-order valence-electron chi connectivity index (χ4n) is 3.71. The van der Waals surface area contributed by atoms with E-state index in [-0.39, 0.29) is 0 Å². The number of nitrogens with one attached hydrogen (secondary N) is 1. The predicted molar refractivity (Wildman–Crippen MR) is 119 cm³/mol. The number of rotatable bonds is 7. The minimum atomic E-state index is 0.636. The summed E-state index contributed by atoms with van der Waals surface area (Å²) in [6.07, 6.45) is 2.53. The average Bonchev–Trinajstić information content (AvgIpc) is 2.77. The molecule has 0 amide bonds. The number of hydrogen-bond acceptors (Lipinski definition) is 6. The Morgan fingerprint density at radius 3 is 2.17 bits per heavy atom. The van der Waals surface area contributed by atoms with E-state index in [1.165, 1.54) is 11.1 Å². The van der Waals surface area contributed by atoms with E-state index in [2.05, 4.69) is 79.7 Å². The highest BCUT2D eigenvalue weighted by Gasteiger charge is 2.21. The molecule has 0 saturated carbocycles. The Bertz CT molecular complexity index is 892. The van der Waals surface area contributed by atoms with Gasteiger partial charge in [0.15, 0.2) is 11.6 Å². The standard InChI is InChI=1S/C23H28N6/c24-21-22(25-12-11-19-7-3-1-4-8-19)26-18-27-23(21)29-15-13-28(14-16-29)17-20-9-5-2-6-10-20/h1-10,18H,11-17,24H2,(H,25,26,27). The van der Waals surface area contributed by atoms with Crippen molar-refractivity contribution < 1.29 is 0 Å². The molecule has 0 spiro atoms. The van der Waals surface area contributed by atoms with Crippen LogP contribution in [0.5, 0.6) is 0 Å². The van der Waals surface area contributed by atoms with Crippen LogP contribution in [0.1, 0.15) is 11.1 Å². The van der Waals surface area contributed by atoms with Gasteiger partial charge in [-0.1, -0.05) is 60.7 Å². The molecule has 29 heavy (non-hydrogen) atoms. The van der Waals surface area contributed by atoms with Crippen LogP contribution in [0, 0.1) is 0 Å². The molecule has 6 nitrogen and oxygen atoms in total. The van der Waals surface area contributed by atoms with Crippen molar-refractivity contribution in [1.82, 2.24) is 14.9 Å². The minimum Gasteiger partial charge on any atom is -0.393 e. The predicted octanol–water partition coefficient (Wildman–Crippen LogP) is 3.04. The lowest BCUT2D eigenvalue weighted by Gasteiger charge is -2.36. The molecule has 6 heteroatoms. The zero-order valence-corrected chi connectivity index (χ0v) is 16.7. The molecular weight excluding hydrogens is 360 g/mol. The molecule has 0 unspecified atom stereocenters. The minimum absolute atomic E-state index is 0.636. The van der Waals surface area contributed by atoms with Crippen LogP contribution < -0.4 is 16.0 Å². The van der Waals surface area contributed by atoms with Gasteiger partial charge in [-0.15, -0.1) is 0 Å². The number of aromatic nitrogens is 2. The van der Waals surface area contributed by atoms with E-state index in [0.29, 0.717) is 5.69 Å². The molecule has 4 rings (SSSR count). The largest absolute Gasteiger partial charge is 0.393 e. The maximum absolute atomic E-state index is 6.41. The lowest BCUT2D eigenvalue weighted by atomic mass is 10.1. The van der Waals surface area contributed by atoms with E-state index < -0.39 is 0 Å². The summed E-state index contributed by atoms with van der Waals surface area (Å²) >= 11 is 0. The highest BCUT2D eigenvalue weighted by molar-refractivity contribution is 5.75. The van der Waals surface area contributed by atoms with E-state index in [4.69, 9.17) is 5.73 Å². The van der Waals surface area contributed by atoms with Crippen molar-refractivity contribution in [2.45, 2.75) is 13.0 Å². The Hall–Kier alpha value is -3.12. The van der Waals surface area contributed by atoms with E-state index in [9.17, 15) is 0 Å². The van der Waals surface area contributed by atoms with Gasteiger partial charge in [-0.05, 0) is 17.5 Å². The summed E-state index contributed by atoms with van der Waals surface area (Å²) in [5.74, 6) is 1.55. The van der Waals surface area contributed by atoms with Gasteiger partial charge < -0.3 is 16.0 Å². The first-order chi connectivity index (χ1) is 14.3. The molecule has 0 aliphatic carbocycles. The van der Waals surface area contributed by atoms with Crippen molar-refractivity contribution in [1.29, 1.82) is 0 Å². The van der Waals surface area contributed by atoms with Crippen LogP contribution in [-0.4, -0.2) is 47.6 Å². The van der Waals surface area contributed by atoms with Gasteiger partial charge in [0, 0.05) is 39.3 Å². The first-order valence-corrected chi connectivity index (χ1v) is 10.2. The van der Waals surface area contributed by atoms with Crippen molar-refractivity contribution in [3.63, 3.8) is 0 Å². The molecule has 150 valence electrons. The van der Waals surface area contributed by atoms with Gasteiger partial charge in [0.2, 0.25) is 0 Å². The quantitative estimate of drug-likeness (QED) is 0.648. The van der Waals surface area contributed by atoms with Crippen LogP contribution >= 0.6 is 0 Å². The van der Waals surface area contributed by atoms with Gasteiger partial charge in [-0.25, -0.2) is 9.97 Å². The summed E-state index contributed by atoms with van der Waals surface area (Å²) in [6.45, 7) is 5.59. The maximum Gasteiger partial charge on any atom is 0.157 e. The second-order valence-corrected chi connectivity index (χ2v) is 7.37. The van der Waals surface area contributed by atoms with E-state index in [0.717, 1.165) is 57.3 Å². The number of hydrogen-bond donors (Lipinski definition) is 2. The molecule has 1 fully saturated rings. The summed E-state index contributed by atoms with van der Waals surface area (Å²) in [4.78, 5) is 13.6. The molecular formula is C23H28N6. The fourth-order valence-corrected chi connectivity index (χ4v) is 3.71. The Balaban J connectivity index is 1.32. The average molecular weight is 389 g/mol. The molecule has 0 atom stereocenters. The number of benzene rings is 2. The van der Waals surface area contributed by atoms with Crippen LogP contribution in [0.15, 0.2) is 67.0 Å². The van der Waals surface area contributed by atoms with Crippen LogP contribution in [0.4, 0.5) is 17.3 Å². The van der Waals surface area contributed by atoms with E-state index in [1.54, 1.807) is 6.33 Å². The Morgan fingerprint density at radius 1 is 0.828 bits per heavy atom. The zero-order valence-electron chi connectivity index (χ0n) is 16.7. The molecule has 1 saturated heterocycles. The second kappa shape index (κ2) is 9.39. The van der Waals surface area contributed by atoms with Gasteiger partial charge in [-0.2, -0.15) is 0 Å². The molecule has 2 heterocycles. The topological polar surface area (TPSA) is 70.3 Å². The second-order valence-electron chi connectivity index (χ2n) is 7.37. The number of nitrogens with zero attached hydrogens (tertiary/aromatic N) is 4. The molecule has 1 aliphatic heterocycles. The fraction of sp³-hybridized carbons (Fsp3) is 0.304. The smallest absolute Gasteiger partial charge is 0.157 e. The van der Waals surface area contributed by atoms with E-state index >= 15 is 0 Å². The zero-order chi connectivity index (χ0) is 19.9. The lowest BCUT2D eigenvalue weighted by Crippen LogP contribution is -2.46. The Kier molecular flexibility index (Phi) is 6.22. The summed E-state index contributed by atoms with van der Waals surface area (Å²) in [5, 5.41) is 3.37. The van der Waals surface area contributed by atoms with Crippen molar-refractivity contribution in [2.24, 2.45) is 0 Å². The number of piperazine rings is 1. The van der Waals surface area contributed by atoms with Crippen molar-refractivity contribution in [3.05, 3.63) is 78.1 Å². The molecule has 2 aromatic carbocycles. The molecule has 1 aromatic heterocycles. The van der Waals surface area contributed by atoms with Crippen molar-refractivity contribution in [2.75, 3.05) is 48.7 Å². The summed E-state index contributed by atoms with van der Waals surface area (Å²) in [5.41, 5.74) is 9.69. The molecule has 3 aromatic rings. The number of anilines is 3. The van der Waals surface area contributed by atoms with Crippen LogP contribution in [0.25, 0.3) is 0 Å². The first-order valence-electron chi connectivity index (χ1n) is 10.2. The monoisotopic (exact) mass is 388 g/mol. The molecule has 0 bridgehead atoms. The summed E-state index contributed by atoms with van der Waals surface area (Å²) in [6, 6.07) is 21.0. The molecule has 1 aliphatic rings. The van der Waals surface area contributed by atoms with Gasteiger partial charge in [0.1, 0.15) is 12.0 Å². The Morgan fingerprint density at radius 2 is 1.48 bits per heavy atom. The summed E-state index contributed by atoms with van der Waals surface area (Å²) < 4.78 is 0. The van der Waals surface area contributed by atoms with Crippen LogP contribution in [0.3, 0.4) is 0 Å².